The highest BCUT2D eigenvalue weighted by Gasteiger charge is 2.42. The molecule has 0 saturated carbocycles. The molecule has 4 unspecified atom stereocenters. The normalized spacial score (nSPS) is 31.7. The fourth-order valence-corrected chi connectivity index (χ4v) is 5.60. The van der Waals surface area contributed by atoms with Gasteiger partial charge in [0.25, 0.3) is 0 Å². The number of nitrogens with zero attached hydrogens (tertiary/aromatic N) is 2. The van der Waals surface area contributed by atoms with Gasteiger partial charge in [-0.3, -0.25) is 9.59 Å². The zero-order chi connectivity index (χ0) is 28.4. The Balaban J connectivity index is 1.96. The van der Waals surface area contributed by atoms with Gasteiger partial charge in [-0.15, -0.1) is 0 Å². The number of cyclic esters (lactones) is 1. The molecule has 1 aliphatic heterocycles. The highest BCUT2D eigenvalue weighted by Crippen LogP contribution is 2.41. The number of aromatic nitrogens is 2. The molecular weight excluding hydrogens is 484 g/mol. The Labute approximate surface area is 226 Å². The van der Waals surface area contributed by atoms with Crippen molar-refractivity contribution in [2.75, 3.05) is 0 Å². The van der Waals surface area contributed by atoms with E-state index in [2.05, 4.69) is 25.8 Å². The van der Waals surface area contributed by atoms with E-state index in [9.17, 15) is 24.9 Å². The van der Waals surface area contributed by atoms with Crippen molar-refractivity contribution in [1.29, 1.82) is 0 Å². The lowest BCUT2D eigenvalue weighted by molar-refractivity contribution is -0.157. The Bertz CT molecular complexity index is 1120. The first-order valence-electron chi connectivity index (χ1n) is 13.8. The number of hydrogen-bond acceptors (Lipinski definition) is 7. The van der Waals surface area contributed by atoms with Crippen molar-refractivity contribution < 1.29 is 29.6 Å². The van der Waals surface area contributed by atoms with Crippen molar-refractivity contribution >= 4 is 22.8 Å². The van der Waals surface area contributed by atoms with E-state index in [1.54, 1.807) is 31.7 Å². The summed E-state index contributed by atoms with van der Waals surface area (Å²) in [6.07, 6.45) is 1.82. The first-order valence-corrected chi connectivity index (χ1v) is 13.8. The van der Waals surface area contributed by atoms with Crippen LogP contribution >= 0.6 is 0 Å². The van der Waals surface area contributed by atoms with E-state index in [0.29, 0.717) is 11.9 Å². The molecule has 8 nitrogen and oxygen atoms in total. The summed E-state index contributed by atoms with van der Waals surface area (Å²) in [4.78, 5) is 30.8. The standard InChI is InChI=1S/C30H46N2O6/c1-18-9-8-12-29(4,5)19(2)13-24(21-10-11-23-22(14-21)31-16-32(23)17-33)38-26(35)15-25(34)30(6,7)28(37)20(3)27(18)36/h10-11,14,16,18-20,24-25,27,33-34,36H,8-9,12-13,15,17H2,1-7H3/t18-,19?,20+,24?,25?,27?/m0/s1. The largest absolute Gasteiger partial charge is 0.457 e. The third-order valence-electron chi connectivity index (χ3n) is 9.16. The average molecular weight is 531 g/mol. The number of aliphatic hydroxyl groups excluding tert-OH is 3. The summed E-state index contributed by atoms with van der Waals surface area (Å²) in [5, 5.41) is 31.5. The second-order valence-electron chi connectivity index (χ2n) is 12.7. The molecule has 1 fully saturated rings. The molecule has 38 heavy (non-hydrogen) atoms. The maximum Gasteiger partial charge on any atom is 0.309 e. The molecule has 1 saturated heterocycles. The molecule has 0 bridgehead atoms. The van der Waals surface area contributed by atoms with Gasteiger partial charge in [-0.1, -0.05) is 61.0 Å². The predicted molar refractivity (Wildman–Crippen MR) is 146 cm³/mol. The van der Waals surface area contributed by atoms with Crippen LogP contribution in [-0.2, 0) is 21.1 Å². The Hall–Kier alpha value is -2.29. The Morgan fingerprint density at radius 2 is 1.79 bits per heavy atom. The summed E-state index contributed by atoms with van der Waals surface area (Å²) in [5.74, 6) is -1.38. The van der Waals surface area contributed by atoms with Crippen molar-refractivity contribution in [3.05, 3.63) is 30.1 Å². The molecule has 0 spiro atoms. The zero-order valence-corrected chi connectivity index (χ0v) is 24.0. The smallest absolute Gasteiger partial charge is 0.309 e. The number of hydrogen-bond donors (Lipinski definition) is 3. The molecule has 1 aromatic carbocycles. The van der Waals surface area contributed by atoms with Gasteiger partial charge in [0, 0.05) is 5.92 Å². The number of rotatable bonds is 2. The van der Waals surface area contributed by atoms with Crippen LogP contribution in [0.1, 0.15) is 92.2 Å². The minimum Gasteiger partial charge on any atom is -0.457 e. The molecular formula is C30H46N2O6. The quantitative estimate of drug-likeness (QED) is 0.477. The number of Topliss-reactive ketones (excluding diaryl/α,β-unsaturated/α-hetero) is 1. The van der Waals surface area contributed by atoms with Crippen LogP contribution in [0, 0.1) is 28.6 Å². The van der Waals surface area contributed by atoms with Crippen molar-refractivity contribution in [3.8, 4) is 0 Å². The lowest BCUT2D eigenvalue weighted by Gasteiger charge is -2.37. The molecule has 1 aliphatic rings. The Kier molecular flexibility index (Phi) is 9.43. The molecule has 3 N–H and O–H groups in total. The fourth-order valence-electron chi connectivity index (χ4n) is 5.60. The Morgan fingerprint density at radius 3 is 2.45 bits per heavy atom. The number of imidazole rings is 1. The highest BCUT2D eigenvalue weighted by atomic mass is 16.5. The van der Waals surface area contributed by atoms with Gasteiger partial charge in [-0.05, 0) is 54.2 Å². The van der Waals surface area contributed by atoms with E-state index in [1.807, 2.05) is 25.1 Å². The summed E-state index contributed by atoms with van der Waals surface area (Å²) in [6, 6.07) is 5.63. The number of esters is 1. The topological polar surface area (TPSA) is 122 Å². The van der Waals surface area contributed by atoms with Crippen molar-refractivity contribution in [2.45, 2.75) is 106 Å². The third kappa shape index (κ3) is 6.46. The van der Waals surface area contributed by atoms with Gasteiger partial charge < -0.3 is 24.6 Å². The van der Waals surface area contributed by atoms with Gasteiger partial charge in [0.1, 0.15) is 18.6 Å². The fraction of sp³-hybridized carbons (Fsp3) is 0.700. The van der Waals surface area contributed by atoms with Gasteiger partial charge in [0.05, 0.1) is 41.4 Å². The minimum atomic E-state index is -1.25. The number of ketones is 1. The molecule has 0 aliphatic carbocycles. The second kappa shape index (κ2) is 11.8. The number of ether oxygens (including phenoxy) is 1. The van der Waals surface area contributed by atoms with Crippen LogP contribution in [0.2, 0.25) is 0 Å². The van der Waals surface area contributed by atoms with Crippen molar-refractivity contribution in [1.82, 2.24) is 9.55 Å². The number of carbonyl (C=O) groups excluding carboxylic acids is 2. The van der Waals surface area contributed by atoms with E-state index in [-0.39, 0.29) is 36.2 Å². The monoisotopic (exact) mass is 530 g/mol. The molecule has 8 heteroatoms. The maximum atomic E-state index is 13.3. The lowest BCUT2D eigenvalue weighted by atomic mass is 9.71. The van der Waals surface area contributed by atoms with Crippen LogP contribution in [0.3, 0.4) is 0 Å². The molecule has 0 radical (unpaired) electrons. The van der Waals surface area contributed by atoms with E-state index in [0.717, 1.165) is 30.3 Å². The van der Waals surface area contributed by atoms with Gasteiger partial charge in [-0.25, -0.2) is 4.98 Å². The number of aliphatic hydroxyl groups is 3. The van der Waals surface area contributed by atoms with Crippen molar-refractivity contribution in [3.63, 3.8) is 0 Å². The first kappa shape index (κ1) is 30.3. The van der Waals surface area contributed by atoms with Crippen LogP contribution in [0.25, 0.3) is 11.0 Å². The van der Waals surface area contributed by atoms with Crippen LogP contribution in [-0.4, -0.2) is 48.8 Å². The Morgan fingerprint density at radius 1 is 1.11 bits per heavy atom. The number of benzene rings is 1. The molecule has 3 rings (SSSR count). The molecule has 1 aromatic heterocycles. The van der Waals surface area contributed by atoms with Gasteiger partial charge in [0.15, 0.2) is 0 Å². The summed E-state index contributed by atoms with van der Waals surface area (Å²) < 4.78 is 7.63. The molecule has 6 atom stereocenters. The lowest BCUT2D eigenvalue weighted by Crippen LogP contribution is -2.45. The summed E-state index contributed by atoms with van der Waals surface area (Å²) in [5.41, 5.74) is 0.993. The van der Waals surface area contributed by atoms with Crippen LogP contribution < -0.4 is 0 Å². The van der Waals surface area contributed by atoms with E-state index < -0.39 is 35.6 Å². The zero-order valence-electron chi connectivity index (χ0n) is 24.0. The van der Waals surface area contributed by atoms with Gasteiger partial charge in [-0.2, -0.15) is 0 Å². The average Bonchev–Trinajstić information content (AvgIpc) is 3.28. The minimum absolute atomic E-state index is 0.0576. The molecule has 2 heterocycles. The maximum absolute atomic E-state index is 13.3. The van der Waals surface area contributed by atoms with E-state index >= 15 is 0 Å². The van der Waals surface area contributed by atoms with Crippen LogP contribution in [0.15, 0.2) is 24.5 Å². The van der Waals surface area contributed by atoms with E-state index in [4.69, 9.17) is 4.74 Å². The van der Waals surface area contributed by atoms with Crippen LogP contribution in [0.4, 0.5) is 0 Å². The summed E-state index contributed by atoms with van der Waals surface area (Å²) >= 11 is 0. The molecule has 212 valence electrons. The first-order chi connectivity index (χ1) is 17.7. The van der Waals surface area contributed by atoms with Crippen molar-refractivity contribution in [2.24, 2.45) is 28.6 Å². The number of carbonyl (C=O) groups is 2. The summed E-state index contributed by atoms with van der Waals surface area (Å²) in [7, 11) is 0. The van der Waals surface area contributed by atoms with E-state index in [1.165, 1.54) is 0 Å². The predicted octanol–water partition coefficient (Wildman–Crippen LogP) is 4.79. The highest BCUT2D eigenvalue weighted by molar-refractivity contribution is 5.88. The SMILES string of the molecule is CC1CC(c2ccc3c(c2)ncn3CO)OC(=O)CC(O)C(C)(C)C(=O)[C@H](C)C(O)[C@@H](C)CCCC1(C)C. The van der Waals surface area contributed by atoms with Crippen LogP contribution in [0.5, 0.6) is 0 Å². The summed E-state index contributed by atoms with van der Waals surface area (Å²) in [6.45, 7) is 13.3. The molecule has 0 amide bonds. The van der Waals surface area contributed by atoms with Gasteiger partial charge in [0.2, 0.25) is 0 Å². The third-order valence-corrected chi connectivity index (χ3v) is 9.16. The second-order valence-corrected chi connectivity index (χ2v) is 12.7. The number of fused-ring (bicyclic) bond motifs is 1. The van der Waals surface area contributed by atoms with Gasteiger partial charge >= 0.3 is 5.97 Å². The molecule has 2 aromatic rings.